The van der Waals surface area contributed by atoms with E-state index in [0.717, 1.165) is 120 Å². The molecule has 18 aliphatic rings. The van der Waals surface area contributed by atoms with Gasteiger partial charge in [-0.15, -0.1) is 47.0 Å². The van der Waals surface area contributed by atoms with Crippen molar-refractivity contribution in [2.24, 2.45) is 0 Å². The van der Waals surface area contributed by atoms with E-state index in [1.54, 1.807) is 60.9 Å². The summed E-state index contributed by atoms with van der Waals surface area (Å²) in [7, 11) is 0. The van der Waals surface area contributed by atoms with Crippen LogP contribution in [0.25, 0.3) is 0 Å². The summed E-state index contributed by atoms with van der Waals surface area (Å²) >= 11 is 62.2. The first-order chi connectivity index (χ1) is 46.9. The molecule has 0 unspecified atom stereocenters. The van der Waals surface area contributed by atoms with Crippen LogP contribution in [-0.4, -0.2) is 277 Å². The molecule has 0 N–H and O–H groups in total. The normalized spacial score (nSPS) is 26.1. The fraction of sp³-hybridized carbons (Fsp3) is 0.333. The summed E-state index contributed by atoms with van der Waals surface area (Å²) in [5.41, 5.74) is 0. The van der Waals surface area contributed by atoms with Gasteiger partial charge in [0.25, 0.3) is 0 Å². The first kappa shape index (κ1) is 80.2. The maximum absolute atomic E-state index is 11.3. The van der Waals surface area contributed by atoms with Crippen LogP contribution in [-0.2, 0) is 0 Å². The molecule has 18 heterocycles. The molecule has 0 atom stereocenters. The van der Waals surface area contributed by atoms with Gasteiger partial charge in [0.1, 0.15) is 0 Å². The van der Waals surface area contributed by atoms with E-state index in [1.807, 2.05) is 210 Å². The summed E-state index contributed by atoms with van der Waals surface area (Å²) in [6.45, 7) is 0. The van der Waals surface area contributed by atoms with Gasteiger partial charge >= 0.3 is 509 Å². The molecule has 18 rings (SSSR count). The van der Waals surface area contributed by atoms with E-state index in [-0.39, 0.29) is 83.7 Å². The van der Waals surface area contributed by atoms with Crippen molar-refractivity contribution >= 4 is 555 Å². The number of alkyl halides is 1. The van der Waals surface area contributed by atoms with Gasteiger partial charge in [-0.1, -0.05) is 141 Å². The zero-order valence-corrected chi connectivity index (χ0v) is 95.6. The molecule has 0 amide bonds. The quantitative estimate of drug-likeness (QED) is 0.240. The molecule has 0 aromatic carbocycles. The second kappa shape index (κ2) is 44.7. The Morgan fingerprint density at radius 1 is 0.323 bits per heavy atom. The van der Waals surface area contributed by atoms with Crippen molar-refractivity contribution in [3.05, 3.63) is 138 Å². The Kier molecular flexibility index (Phi) is 38.5. The number of rotatable bonds is 5. The fourth-order valence-corrected chi connectivity index (χ4v) is 104. The molecule has 0 saturated carbocycles. The van der Waals surface area contributed by atoms with Gasteiger partial charge in [0.15, 0.2) is 0 Å². The molecular formula is C51H43FS28Se8Te5. The van der Waals surface area contributed by atoms with E-state index in [9.17, 15) is 4.39 Å². The molecule has 0 radical (unpaired) electrons. The van der Waals surface area contributed by atoms with Crippen LogP contribution in [0.5, 0.6) is 0 Å². The van der Waals surface area contributed by atoms with Crippen LogP contribution in [0.2, 0.25) is 41.2 Å². The van der Waals surface area contributed by atoms with Crippen molar-refractivity contribution in [3.8, 4) is 0 Å². The Hall–Kier alpha value is 13.4. The van der Waals surface area contributed by atoms with Gasteiger partial charge in [-0.05, 0) is 21.6 Å². The first-order valence-electron chi connectivity index (χ1n) is 27.5. The summed E-state index contributed by atoms with van der Waals surface area (Å²) in [4.78, 5) is 9.74. The number of thioether (sulfide) groups is 28. The van der Waals surface area contributed by atoms with Gasteiger partial charge in [0, 0.05) is 23.0 Å². The SMILES string of the molecule is C1=CSC2=C(S1)SC(=C1SC3=C(SC=CS3)S1)S2.C1CSC2=C(S1)SC(=C1SC3=C(SCCS3)S1)S2.C1CSC2=C(S1)[Se]C(=C1[Se]C3=C(SCCS3)[Se]1)[Se]2.C1C[Se]C2=C(SC(=C3SC4=C(S3)[Se]CC[Se]4)S2)[Se]1.C[Te]C1=C([Te]C)SC(=C2SC([Te]C)=C([Te]C)S2)S1.[3H][Te]C([3H])([3H])F. The van der Waals surface area contributed by atoms with Crippen molar-refractivity contribution in [1.29, 1.82) is 0.611 Å². The fourth-order valence-electron chi connectivity index (χ4n) is 7.38. The summed E-state index contributed by atoms with van der Waals surface area (Å²) in [5, 5.41) is 14.7. The van der Waals surface area contributed by atoms with Gasteiger partial charge in [-0.2, -0.15) is 0 Å². The van der Waals surface area contributed by atoms with E-state index in [0.29, 0.717) is 0 Å². The molecule has 0 aliphatic carbocycles. The molecule has 500 valence electrons. The number of hydrogen-bond acceptors (Lipinski definition) is 28. The van der Waals surface area contributed by atoms with Crippen molar-refractivity contribution in [1.82, 2.24) is 0 Å². The van der Waals surface area contributed by atoms with E-state index in [1.165, 1.54) is 101 Å². The van der Waals surface area contributed by atoms with E-state index in [4.69, 9.17) is 3.35 Å². The van der Waals surface area contributed by atoms with Gasteiger partial charge in [-0.25, -0.2) is 0 Å². The third-order valence-corrected chi connectivity index (χ3v) is 103. The van der Waals surface area contributed by atoms with Gasteiger partial charge < -0.3 is 0 Å². The van der Waals surface area contributed by atoms with Crippen LogP contribution in [0.1, 0.15) is 2.74 Å². The Labute approximate surface area is 775 Å². The molecule has 18 aliphatic heterocycles. The molecule has 0 aromatic heterocycles. The Bertz CT molecular complexity index is 2910. The van der Waals surface area contributed by atoms with Gasteiger partial charge in [0.05, 0.1) is 50.8 Å². The van der Waals surface area contributed by atoms with Crippen molar-refractivity contribution in [2.75, 3.05) is 50.7 Å². The predicted octanol–water partition coefficient (Wildman–Crippen LogP) is 23.7. The van der Waals surface area contributed by atoms with Crippen LogP contribution in [0.3, 0.4) is 0 Å². The monoisotopic (exact) mass is 2860 g/mol. The summed E-state index contributed by atoms with van der Waals surface area (Å²) < 4.78 is 77.2. The van der Waals surface area contributed by atoms with E-state index < -0.39 is 26.8 Å². The molecule has 0 aromatic rings. The minimum absolute atomic E-state index is 0.117. The first-order valence-corrected chi connectivity index (χ1v) is 80.8. The average molecular weight is 2850 g/mol. The van der Waals surface area contributed by atoms with E-state index >= 15 is 0 Å². The second-order valence-corrected chi connectivity index (χ2v) is 87.8. The van der Waals surface area contributed by atoms with Crippen LogP contribution in [0, 0.1) is 0 Å². The van der Waals surface area contributed by atoms with Crippen molar-refractivity contribution in [3.63, 3.8) is 0 Å². The zero-order chi connectivity index (χ0) is 66.1. The topological polar surface area (TPSA) is 0 Å². The van der Waals surface area contributed by atoms with Crippen LogP contribution in [0.4, 0.5) is 4.39 Å². The third-order valence-electron chi connectivity index (χ3n) is 11.1. The predicted molar refractivity (Wildman–Crippen MR) is 500 cm³/mol. The average Bonchev–Trinajstić information content (AvgIpc) is 1.75. The van der Waals surface area contributed by atoms with Crippen LogP contribution < -0.4 is 0 Å². The molecule has 0 saturated heterocycles. The molecular weight excluding hydrogens is 2800 g/mol. The van der Waals surface area contributed by atoms with E-state index in [2.05, 4.69) is 183 Å². The Morgan fingerprint density at radius 2 is 0.538 bits per heavy atom. The molecule has 0 bridgehead atoms. The van der Waals surface area contributed by atoms with Gasteiger partial charge in [0.2, 0.25) is 0 Å². The van der Waals surface area contributed by atoms with Crippen LogP contribution >= 0.6 is 329 Å². The molecule has 0 fully saturated rings. The number of hydrogen-bond donors (Lipinski definition) is 0. The summed E-state index contributed by atoms with van der Waals surface area (Å²) in [6, 6.07) is 0. The Morgan fingerprint density at radius 3 is 0.774 bits per heavy atom. The second-order valence-electron chi connectivity index (χ2n) is 16.8. The zero-order valence-electron chi connectivity index (χ0n) is 50.4. The minimum atomic E-state index is -2.66. The van der Waals surface area contributed by atoms with Crippen molar-refractivity contribution < 1.29 is 7.13 Å². The Balaban J connectivity index is 0.000000106. The van der Waals surface area contributed by atoms with Crippen LogP contribution in [0.15, 0.2) is 138 Å². The third kappa shape index (κ3) is 23.8. The standard InChI is InChI=1S/C10H8S8.C10H4S8.2C10H8S4Se4.C10H12S4Te4.CH3FTe/c2*1-2-12-6-5(11-1)15-9(16-6)10-17-7-8(18-10)14-4-3-13-7;1-2-16-8-7(15-1)11-5(12-8)6-13-9-10(14-6)18-4-3-17-9;1-2-12-6-5(11-1)15-9(16-6)10-17-7-8(18-10)14-4-3-13-7;1-15-7-8(16-2)12-5(11-7)6-13-9(17-3)10(14-6)18-4;2-1-3/h1-4H2;1-4H;2*1-4H2;1-4H3;3H,1H2/i;;;;;1T2/hT. The summed E-state index contributed by atoms with van der Waals surface area (Å²) in [5.74, 6) is 10.6. The molecule has 93 heavy (non-hydrogen) atoms. The summed E-state index contributed by atoms with van der Waals surface area (Å²) in [6.07, 6.45) is 0. The molecule has 0 nitrogen and oxygen atoms in total. The maximum atomic E-state index is 11.3. The van der Waals surface area contributed by atoms with Crippen molar-refractivity contribution in [2.45, 2.75) is 41.2 Å². The molecule has 42 heteroatoms. The van der Waals surface area contributed by atoms with Gasteiger partial charge in [-0.3, -0.25) is 0 Å². The molecule has 0 spiro atoms. The number of halogens is 1.